The van der Waals surface area contributed by atoms with Gasteiger partial charge in [-0.2, -0.15) is 0 Å². The molecule has 0 fully saturated rings. The van der Waals surface area contributed by atoms with E-state index in [2.05, 4.69) is 18.1 Å². The van der Waals surface area contributed by atoms with Gasteiger partial charge in [-0.05, 0) is 42.3 Å². The van der Waals surface area contributed by atoms with Gasteiger partial charge in [0.1, 0.15) is 0 Å². The lowest BCUT2D eigenvalue weighted by atomic mass is 10.1. The fourth-order valence-corrected chi connectivity index (χ4v) is 1.56. The van der Waals surface area contributed by atoms with Crippen molar-refractivity contribution in [2.75, 3.05) is 0 Å². The molecule has 0 bridgehead atoms. The fourth-order valence-electron chi connectivity index (χ4n) is 1.56. The van der Waals surface area contributed by atoms with Crippen LogP contribution in [0.5, 0.6) is 0 Å². The van der Waals surface area contributed by atoms with Gasteiger partial charge in [0, 0.05) is 18.4 Å². The smallest absolute Gasteiger partial charge is 0.179 e. The summed E-state index contributed by atoms with van der Waals surface area (Å²) in [7, 11) is 0. The molecule has 0 aromatic heterocycles. The van der Waals surface area contributed by atoms with Gasteiger partial charge in [-0.1, -0.05) is 6.08 Å². The van der Waals surface area contributed by atoms with Gasteiger partial charge < -0.3 is 4.57 Å². The minimum Gasteiger partial charge on any atom is -0.347 e. The first kappa shape index (κ1) is 9.71. The van der Waals surface area contributed by atoms with Crippen LogP contribution in [0.15, 0.2) is 54.1 Å². The molecule has 1 aliphatic heterocycles. The van der Waals surface area contributed by atoms with E-state index in [1.54, 1.807) is 12.1 Å². The molecule has 0 aromatic rings. The second-order valence-electron chi connectivity index (χ2n) is 3.66. The minimum absolute atomic E-state index is 0.0528. The van der Waals surface area contributed by atoms with Crippen molar-refractivity contribution in [3.63, 3.8) is 0 Å². The minimum atomic E-state index is 0.0528. The molecule has 2 heteroatoms. The third-order valence-corrected chi connectivity index (χ3v) is 2.58. The van der Waals surface area contributed by atoms with E-state index in [0.29, 0.717) is 0 Å². The third-order valence-electron chi connectivity index (χ3n) is 2.58. The summed E-state index contributed by atoms with van der Waals surface area (Å²) in [6.45, 7) is 5.83. The Bertz CT molecular complexity index is 512. The van der Waals surface area contributed by atoms with Crippen LogP contribution < -0.4 is 5.43 Å². The van der Waals surface area contributed by atoms with Gasteiger partial charge in [-0.3, -0.25) is 4.79 Å². The number of rotatable bonds is 2. The Kier molecular flexibility index (Phi) is 2.42. The lowest BCUT2D eigenvalue weighted by Gasteiger charge is -2.14. The van der Waals surface area contributed by atoms with Gasteiger partial charge in [0.2, 0.25) is 0 Å². The zero-order valence-corrected chi connectivity index (χ0v) is 8.68. The van der Waals surface area contributed by atoms with Crippen LogP contribution in [0.2, 0.25) is 0 Å². The highest BCUT2D eigenvalue weighted by atomic mass is 16.1. The molecule has 1 aliphatic carbocycles. The summed E-state index contributed by atoms with van der Waals surface area (Å²) in [4.78, 5) is 11.1. The van der Waals surface area contributed by atoms with E-state index in [1.165, 1.54) is 0 Å². The number of hydrogen-bond acceptors (Lipinski definition) is 1. The van der Waals surface area contributed by atoms with Crippen LogP contribution in [0.1, 0.15) is 13.0 Å². The molecule has 0 saturated carbocycles. The average molecular weight is 199 g/mol. The Hall–Kier alpha value is -1.83. The summed E-state index contributed by atoms with van der Waals surface area (Å²) in [5.74, 6) is 0. The highest BCUT2D eigenvalue weighted by Gasteiger charge is 2.04. The standard InChI is InChI=1S/C13H13NO/c1-3-10(2)14-7-6-11-8-13(15)5-4-12(11)9-14/h3-10H,1H2,2H3/t10-/m1/s1. The molecular formula is C13H13NO. The Morgan fingerprint density at radius 1 is 1.33 bits per heavy atom. The van der Waals surface area contributed by atoms with Gasteiger partial charge in [0.15, 0.2) is 5.43 Å². The van der Waals surface area contributed by atoms with Gasteiger partial charge in [-0.25, -0.2) is 0 Å². The Morgan fingerprint density at radius 3 is 2.87 bits per heavy atom. The van der Waals surface area contributed by atoms with Gasteiger partial charge in [-0.15, -0.1) is 6.58 Å². The van der Waals surface area contributed by atoms with Crippen molar-refractivity contribution >= 4 is 0 Å². The second-order valence-corrected chi connectivity index (χ2v) is 3.66. The Labute approximate surface area is 88.8 Å². The number of hydrogen-bond donors (Lipinski definition) is 0. The number of aromatic nitrogens is 1. The molecule has 0 unspecified atom stereocenters. The molecule has 15 heavy (non-hydrogen) atoms. The molecule has 0 spiro atoms. The maximum absolute atomic E-state index is 11.1. The first-order valence-electron chi connectivity index (χ1n) is 4.95. The van der Waals surface area contributed by atoms with E-state index in [4.69, 9.17) is 0 Å². The van der Waals surface area contributed by atoms with Gasteiger partial charge in [0.25, 0.3) is 0 Å². The number of fused-ring (bicyclic) bond motifs is 1. The van der Waals surface area contributed by atoms with Crippen molar-refractivity contribution in [3.05, 3.63) is 59.5 Å². The van der Waals surface area contributed by atoms with E-state index in [9.17, 15) is 4.79 Å². The summed E-state index contributed by atoms with van der Waals surface area (Å²) in [5, 5.41) is 0. The molecule has 2 aliphatic rings. The van der Waals surface area contributed by atoms with Crippen molar-refractivity contribution in [3.8, 4) is 11.1 Å². The zero-order valence-electron chi connectivity index (χ0n) is 8.68. The molecule has 0 radical (unpaired) electrons. The monoisotopic (exact) mass is 199 g/mol. The lowest BCUT2D eigenvalue weighted by molar-refractivity contribution is 0.658. The van der Waals surface area contributed by atoms with Crippen LogP contribution in [0.3, 0.4) is 0 Å². The summed E-state index contributed by atoms with van der Waals surface area (Å²) >= 11 is 0. The molecule has 0 aromatic carbocycles. The molecule has 2 nitrogen and oxygen atoms in total. The predicted octanol–water partition coefficient (Wildman–Crippen LogP) is 2.70. The first-order valence-corrected chi connectivity index (χ1v) is 4.95. The van der Waals surface area contributed by atoms with Crippen LogP contribution in [-0.2, 0) is 0 Å². The van der Waals surface area contributed by atoms with E-state index in [-0.39, 0.29) is 11.5 Å². The molecule has 76 valence electrons. The SMILES string of the molecule is C=C[C@@H](C)n1ccc2cc(=O)ccc-2c1. The molecule has 1 atom stereocenters. The van der Waals surface area contributed by atoms with Crippen LogP contribution in [0.25, 0.3) is 11.1 Å². The van der Waals surface area contributed by atoms with Crippen molar-refractivity contribution in [2.24, 2.45) is 0 Å². The first-order chi connectivity index (χ1) is 7.20. The van der Waals surface area contributed by atoms with E-state index >= 15 is 0 Å². The highest BCUT2D eigenvalue weighted by Crippen LogP contribution is 2.20. The van der Waals surface area contributed by atoms with Crippen molar-refractivity contribution in [2.45, 2.75) is 13.0 Å². The number of benzene rings is 1. The molecule has 0 saturated heterocycles. The van der Waals surface area contributed by atoms with Crippen molar-refractivity contribution in [1.29, 1.82) is 0 Å². The number of nitrogens with zero attached hydrogens (tertiary/aromatic N) is 1. The third kappa shape index (κ3) is 1.84. The molecule has 0 N–H and O–H groups in total. The largest absolute Gasteiger partial charge is 0.347 e. The molecule has 0 amide bonds. The average Bonchev–Trinajstić information content (AvgIpc) is 2.27. The van der Waals surface area contributed by atoms with Crippen molar-refractivity contribution in [1.82, 2.24) is 4.57 Å². The quantitative estimate of drug-likeness (QED) is 0.681. The summed E-state index contributed by atoms with van der Waals surface area (Å²) in [6, 6.07) is 7.31. The topological polar surface area (TPSA) is 22.0 Å². The van der Waals surface area contributed by atoms with E-state index < -0.39 is 0 Å². The Balaban J connectivity index is 2.58. The maximum atomic E-state index is 11.1. The van der Waals surface area contributed by atoms with E-state index in [1.807, 2.05) is 30.6 Å². The normalized spacial score (nSPS) is 12.6. The Morgan fingerprint density at radius 2 is 2.13 bits per heavy atom. The number of allylic oxidation sites excluding steroid dienone is 1. The molecule has 2 rings (SSSR count). The zero-order chi connectivity index (χ0) is 10.8. The maximum Gasteiger partial charge on any atom is 0.179 e. The molecule has 1 heterocycles. The number of pyridine rings is 1. The fraction of sp³-hybridized carbons (Fsp3) is 0.154. The predicted molar refractivity (Wildman–Crippen MR) is 62.2 cm³/mol. The van der Waals surface area contributed by atoms with Crippen LogP contribution in [-0.4, -0.2) is 4.57 Å². The summed E-state index contributed by atoms with van der Waals surface area (Å²) < 4.78 is 2.07. The van der Waals surface area contributed by atoms with Crippen LogP contribution in [0, 0.1) is 0 Å². The second kappa shape index (κ2) is 3.73. The van der Waals surface area contributed by atoms with Crippen molar-refractivity contribution < 1.29 is 0 Å². The van der Waals surface area contributed by atoms with E-state index in [0.717, 1.165) is 11.1 Å². The lowest BCUT2D eigenvalue weighted by Crippen LogP contribution is -2.04. The van der Waals surface area contributed by atoms with Crippen LogP contribution >= 0.6 is 0 Å². The summed E-state index contributed by atoms with van der Waals surface area (Å²) in [5.41, 5.74) is 2.11. The van der Waals surface area contributed by atoms with Crippen LogP contribution in [0.4, 0.5) is 0 Å². The van der Waals surface area contributed by atoms with Gasteiger partial charge >= 0.3 is 0 Å². The highest BCUT2D eigenvalue weighted by molar-refractivity contribution is 5.63. The summed E-state index contributed by atoms with van der Waals surface area (Å²) in [6.07, 6.45) is 5.88. The van der Waals surface area contributed by atoms with Gasteiger partial charge in [0.05, 0.1) is 0 Å². The molecular weight excluding hydrogens is 186 g/mol.